The van der Waals surface area contributed by atoms with E-state index in [-0.39, 0.29) is 5.82 Å². The van der Waals surface area contributed by atoms with Crippen LogP contribution in [0.5, 0.6) is 0 Å². The monoisotopic (exact) mass is 249 g/mol. The van der Waals surface area contributed by atoms with Gasteiger partial charge >= 0.3 is 0 Å². The molecule has 2 nitrogen and oxygen atoms in total. The van der Waals surface area contributed by atoms with E-state index in [0.29, 0.717) is 17.5 Å². The van der Waals surface area contributed by atoms with Crippen molar-refractivity contribution in [3.63, 3.8) is 0 Å². The average molecular weight is 249 g/mol. The van der Waals surface area contributed by atoms with Crippen molar-refractivity contribution in [1.29, 1.82) is 0 Å². The van der Waals surface area contributed by atoms with Gasteiger partial charge in [0, 0.05) is 5.56 Å². The highest BCUT2D eigenvalue weighted by Crippen LogP contribution is 2.31. The summed E-state index contributed by atoms with van der Waals surface area (Å²) in [5, 5.41) is 3.92. The van der Waals surface area contributed by atoms with Crippen LogP contribution in [0.2, 0.25) is 0 Å². The summed E-state index contributed by atoms with van der Waals surface area (Å²) in [5.74, 6) is 0.701. The molecule has 0 unspecified atom stereocenters. The Bertz CT molecular complexity index is 545. The highest BCUT2D eigenvalue weighted by atomic mass is 19.1. The van der Waals surface area contributed by atoms with E-state index in [4.69, 9.17) is 4.42 Å². The quantitative estimate of drug-likeness (QED) is 0.868. The lowest BCUT2D eigenvalue weighted by atomic mass is 10.0. The van der Waals surface area contributed by atoms with Gasteiger partial charge in [-0.3, -0.25) is 0 Å². The molecule has 0 saturated carbocycles. The Morgan fingerprint density at radius 1 is 1.28 bits per heavy atom. The molecule has 0 bridgehead atoms. The van der Waals surface area contributed by atoms with Crippen LogP contribution in [0, 0.1) is 12.7 Å². The van der Waals surface area contributed by atoms with Crippen LogP contribution in [-0.4, -0.2) is 6.54 Å². The van der Waals surface area contributed by atoms with E-state index in [9.17, 15) is 4.39 Å². The third kappa shape index (κ3) is 2.27. The zero-order valence-electron chi connectivity index (χ0n) is 11.3. The van der Waals surface area contributed by atoms with Crippen LogP contribution in [0.4, 0.5) is 4.39 Å². The van der Waals surface area contributed by atoms with Gasteiger partial charge in [0.25, 0.3) is 0 Å². The molecule has 1 N–H and O–H groups in total. The zero-order valence-corrected chi connectivity index (χ0v) is 11.3. The smallest absolute Gasteiger partial charge is 0.140 e. The van der Waals surface area contributed by atoms with Gasteiger partial charge in [0.1, 0.15) is 17.2 Å². The van der Waals surface area contributed by atoms with E-state index >= 15 is 0 Å². The molecule has 0 fully saturated rings. The molecule has 0 spiro atoms. The third-order valence-electron chi connectivity index (χ3n) is 3.20. The van der Waals surface area contributed by atoms with Crippen LogP contribution < -0.4 is 5.32 Å². The van der Waals surface area contributed by atoms with Crippen LogP contribution in [0.25, 0.3) is 11.0 Å². The van der Waals surface area contributed by atoms with Gasteiger partial charge in [-0.15, -0.1) is 0 Å². The molecule has 3 heteroatoms. The number of hydrogen-bond donors (Lipinski definition) is 1. The zero-order chi connectivity index (χ0) is 13.1. The molecule has 98 valence electrons. The van der Waals surface area contributed by atoms with Crippen molar-refractivity contribution in [2.24, 2.45) is 0 Å². The summed E-state index contributed by atoms with van der Waals surface area (Å²) in [4.78, 5) is 0. The van der Waals surface area contributed by atoms with E-state index < -0.39 is 0 Å². The van der Waals surface area contributed by atoms with E-state index in [1.165, 1.54) is 6.07 Å². The maximum absolute atomic E-state index is 14.0. The van der Waals surface area contributed by atoms with Crippen molar-refractivity contribution >= 4 is 11.0 Å². The van der Waals surface area contributed by atoms with Crippen molar-refractivity contribution in [3.8, 4) is 0 Å². The molecule has 0 radical (unpaired) electrons. The fourth-order valence-electron chi connectivity index (χ4n) is 2.30. The number of rotatable bonds is 5. The first kappa shape index (κ1) is 13.1. The van der Waals surface area contributed by atoms with Gasteiger partial charge in [0.2, 0.25) is 0 Å². The SMILES string of the molecule is CCCc1c(CNCC)oc2c(C)ccc(F)c12. The summed E-state index contributed by atoms with van der Waals surface area (Å²) in [7, 11) is 0. The third-order valence-corrected chi connectivity index (χ3v) is 3.20. The minimum Gasteiger partial charge on any atom is -0.459 e. The van der Waals surface area contributed by atoms with Crippen molar-refractivity contribution in [2.75, 3.05) is 6.54 Å². The lowest BCUT2D eigenvalue weighted by molar-refractivity contribution is 0.511. The van der Waals surface area contributed by atoms with E-state index in [0.717, 1.165) is 36.3 Å². The molecular weight excluding hydrogens is 229 g/mol. The molecule has 0 aliphatic heterocycles. The van der Waals surface area contributed by atoms with E-state index in [2.05, 4.69) is 12.2 Å². The summed E-state index contributed by atoms with van der Waals surface area (Å²) in [6, 6.07) is 3.30. The van der Waals surface area contributed by atoms with Crippen molar-refractivity contribution in [3.05, 3.63) is 34.8 Å². The molecule has 0 aliphatic rings. The number of aryl methyl sites for hydroxylation is 2. The Labute approximate surface area is 107 Å². The average Bonchev–Trinajstić information content (AvgIpc) is 2.72. The molecule has 1 aromatic heterocycles. The molecule has 0 atom stereocenters. The number of nitrogens with one attached hydrogen (secondary N) is 1. The molecule has 1 aromatic carbocycles. The summed E-state index contributed by atoms with van der Waals surface area (Å²) in [6.45, 7) is 7.65. The highest BCUT2D eigenvalue weighted by Gasteiger charge is 2.17. The van der Waals surface area contributed by atoms with Crippen LogP contribution in [0.3, 0.4) is 0 Å². The molecule has 1 heterocycles. The van der Waals surface area contributed by atoms with Crippen LogP contribution in [0.15, 0.2) is 16.5 Å². The Hall–Kier alpha value is -1.35. The first-order valence-corrected chi connectivity index (χ1v) is 6.59. The summed E-state index contributed by atoms with van der Waals surface area (Å²) in [6.07, 6.45) is 1.84. The number of furan rings is 1. The lowest BCUT2D eigenvalue weighted by Gasteiger charge is -2.02. The first-order chi connectivity index (χ1) is 8.69. The topological polar surface area (TPSA) is 25.2 Å². The molecule has 2 aromatic rings. The Morgan fingerprint density at radius 2 is 2.06 bits per heavy atom. The molecule has 0 saturated heterocycles. The fourth-order valence-corrected chi connectivity index (χ4v) is 2.30. The van der Waals surface area contributed by atoms with E-state index in [1.54, 1.807) is 6.07 Å². The first-order valence-electron chi connectivity index (χ1n) is 6.59. The molecule has 18 heavy (non-hydrogen) atoms. The van der Waals surface area contributed by atoms with Crippen LogP contribution in [-0.2, 0) is 13.0 Å². The normalized spacial score (nSPS) is 11.3. The van der Waals surface area contributed by atoms with Crippen LogP contribution >= 0.6 is 0 Å². The predicted molar refractivity (Wildman–Crippen MR) is 72.3 cm³/mol. The highest BCUT2D eigenvalue weighted by molar-refractivity contribution is 5.85. The van der Waals surface area contributed by atoms with Crippen LogP contribution in [0.1, 0.15) is 37.2 Å². The molecule has 2 rings (SSSR count). The van der Waals surface area contributed by atoms with Gasteiger partial charge in [-0.25, -0.2) is 4.39 Å². The van der Waals surface area contributed by atoms with Crippen molar-refractivity contribution < 1.29 is 8.81 Å². The second-order valence-corrected chi connectivity index (χ2v) is 4.60. The second kappa shape index (κ2) is 5.53. The number of halogens is 1. The second-order valence-electron chi connectivity index (χ2n) is 4.60. The number of fused-ring (bicyclic) bond motifs is 1. The summed E-state index contributed by atoms with van der Waals surface area (Å²) in [5.41, 5.74) is 2.72. The van der Waals surface area contributed by atoms with Crippen molar-refractivity contribution in [1.82, 2.24) is 5.32 Å². The fraction of sp³-hybridized carbons (Fsp3) is 0.467. The minimum atomic E-state index is -0.175. The standard InChI is InChI=1S/C15H20FNO/c1-4-6-11-13(9-17-5-2)18-15-10(3)7-8-12(16)14(11)15/h7-8,17H,4-6,9H2,1-3H3. The molecular formula is C15H20FNO. The number of benzene rings is 1. The Balaban J connectivity index is 2.59. The van der Waals surface area contributed by atoms with Gasteiger partial charge in [-0.05, 0) is 31.5 Å². The van der Waals surface area contributed by atoms with Gasteiger partial charge in [-0.2, -0.15) is 0 Å². The Kier molecular flexibility index (Phi) is 4.02. The van der Waals surface area contributed by atoms with E-state index in [1.807, 2.05) is 13.8 Å². The van der Waals surface area contributed by atoms with Gasteiger partial charge < -0.3 is 9.73 Å². The Morgan fingerprint density at radius 3 is 2.72 bits per heavy atom. The lowest BCUT2D eigenvalue weighted by Crippen LogP contribution is -2.12. The van der Waals surface area contributed by atoms with Gasteiger partial charge in [0.05, 0.1) is 11.9 Å². The van der Waals surface area contributed by atoms with Gasteiger partial charge in [-0.1, -0.05) is 26.3 Å². The molecule has 0 aliphatic carbocycles. The van der Waals surface area contributed by atoms with Crippen molar-refractivity contribution in [2.45, 2.75) is 40.2 Å². The van der Waals surface area contributed by atoms with Gasteiger partial charge in [0.15, 0.2) is 0 Å². The summed E-state index contributed by atoms with van der Waals surface area (Å²) >= 11 is 0. The maximum Gasteiger partial charge on any atom is 0.140 e. The predicted octanol–water partition coefficient (Wildman–Crippen LogP) is 3.94. The minimum absolute atomic E-state index is 0.175. The maximum atomic E-state index is 14.0. The number of hydrogen-bond acceptors (Lipinski definition) is 2. The summed E-state index contributed by atoms with van der Waals surface area (Å²) < 4.78 is 19.9. The largest absolute Gasteiger partial charge is 0.459 e. The molecule has 0 amide bonds.